The second-order valence-corrected chi connectivity index (χ2v) is 3.35. The molecule has 0 amide bonds. The van der Waals surface area contributed by atoms with Gasteiger partial charge in [-0.15, -0.1) is 0 Å². The third kappa shape index (κ3) is 1.92. The number of rotatable bonds is 4. The second kappa shape index (κ2) is 4.28. The van der Waals surface area contributed by atoms with Crippen LogP contribution in [0.15, 0.2) is 34.9 Å². The number of hydrogen-bond acceptors (Lipinski definition) is 3. The van der Waals surface area contributed by atoms with Crippen LogP contribution in [-0.4, -0.2) is 18.9 Å². The fourth-order valence-corrected chi connectivity index (χ4v) is 1.53. The van der Waals surface area contributed by atoms with Crippen LogP contribution in [0.5, 0.6) is 0 Å². The Morgan fingerprint density at radius 2 is 2.20 bits per heavy atom. The quantitative estimate of drug-likeness (QED) is 0.775. The van der Waals surface area contributed by atoms with Crippen molar-refractivity contribution in [2.75, 3.05) is 13.1 Å². The summed E-state index contributed by atoms with van der Waals surface area (Å²) in [5.41, 5.74) is 1.42. The van der Waals surface area contributed by atoms with Gasteiger partial charge in [0.25, 0.3) is 0 Å². The molecule has 2 rings (SSSR count). The van der Waals surface area contributed by atoms with Crippen LogP contribution in [0.4, 0.5) is 0 Å². The molecular formula is C12H13NO2. The molecule has 1 N–H and O–H groups in total. The van der Waals surface area contributed by atoms with E-state index in [4.69, 9.17) is 4.42 Å². The molecule has 15 heavy (non-hydrogen) atoms. The van der Waals surface area contributed by atoms with E-state index in [1.807, 2.05) is 31.2 Å². The highest BCUT2D eigenvalue weighted by molar-refractivity contribution is 6.08. The molecule has 0 saturated carbocycles. The topological polar surface area (TPSA) is 42.2 Å². The molecule has 0 atom stereocenters. The van der Waals surface area contributed by atoms with Gasteiger partial charge < -0.3 is 9.73 Å². The van der Waals surface area contributed by atoms with E-state index in [9.17, 15) is 4.79 Å². The van der Waals surface area contributed by atoms with Crippen molar-refractivity contribution in [2.45, 2.75) is 6.92 Å². The van der Waals surface area contributed by atoms with Gasteiger partial charge in [-0.2, -0.15) is 0 Å². The minimum absolute atomic E-state index is 0.0711. The van der Waals surface area contributed by atoms with Gasteiger partial charge in [-0.25, -0.2) is 0 Å². The molecule has 0 aliphatic heterocycles. The van der Waals surface area contributed by atoms with E-state index in [1.165, 1.54) is 6.26 Å². The number of furan rings is 1. The standard InChI is InChI=1S/C12H13NO2/c1-2-13-7-11(14)10-8-15-12-6-4-3-5-9(10)12/h3-6,8,13H,2,7H2,1H3. The maximum Gasteiger partial charge on any atom is 0.180 e. The highest BCUT2D eigenvalue weighted by Crippen LogP contribution is 2.20. The summed E-state index contributed by atoms with van der Waals surface area (Å²) in [4.78, 5) is 11.8. The van der Waals surface area contributed by atoms with Crippen LogP contribution in [0, 0.1) is 0 Å². The monoisotopic (exact) mass is 203 g/mol. The lowest BCUT2D eigenvalue weighted by Gasteiger charge is -1.98. The first kappa shape index (κ1) is 9.93. The summed E-state index contributed by atoms with van der Waals surface area (Å²) in [6.07, 6.45) is 1.53. The zero-order valence-electron chi connectivity index (χ0n) is 8.62. The predicted molar refractivity (Wildman–Crippen MR) is 59.1 cm³/mol. The highest BCUT2D eigenvalue weighted by Gasteiger charge is 2.11. The summed E-state index contributed by atoms with van der Waals surface area (Å²) >= 11 is 0. The average Bonchev–Trinajstić information content (AvgIpc) is 2.69. The van der Waals surface area contributed by atoms with E-state index in [0.29, 0.717) is 12.1 Å². The molecule has 78 valence electrons. The summed E-state index contributed by atoms with van der Waals surface area (Å²) < 4.78 is 5.30. The molecule has 3 heteroatoms. The second-order valence-electron chi connectivity index (χ2n) is 3.35. The number of ketones is 1. The number of likely N-dealkylation sites (N-methyl/N-ethyl adjacent to an activating group) is 1. The van der Waals surface area contributed by atoms with Crippen LogP contribution in [0.1, 0.15) is 17.3 Å². The van der Waals surface area contributed by atoms with Gasteiger partial charge in [0, 0.05) is 5.39 Å². The number of fused-ring (bicyclic) bond motifs is 1. The molecule has 2 aromatic rings. The number of hydrogen-bond donors (Lipinski definition) is 1. The lowest BCUT2D eigenvalue weighted by molar-refractivity contribution is 0.0992. The summed E-state index contributed by atoms with van der Waals surface area (Å²) in [6.45, 7) is 3.13. The smallest absolute Gasteiger partial charge is 0.180 e. The summed E-state index contributed by atoms with van der Waals surface area (Å²) in [5.74, 6) is 0.0711. The number of benzene rings is 1. The Kier molecular flexibility index (Phi) is 2.83. The van der Waals surface area contributed by atoms with Gasteiger partial charge in [0.1, 0.15) is 11.8 Å². The molecular weight excluding hydrogens is 190 g/mol. The lowest BCUT2D eigenvalue weighted by Crippen LogP contribution is -2.22. The summed E-state index contributed by atoms with van der Waals surface area (Å²) in [6, 6.07) is 7.56. The van der Waals surface area contributed by atoms with Crippen LogP contribution in [0.2, 0.25) is 0 Å². The van der Waals surface area contributed by atoms with Gasteiger partial charge in [0.15, 0.2) is 5.78 Å². The van der Waals surface area contributed by atoms with Crippen molar-refractivity contribution in [1.82, 2.24) is 5.32 Å². The van der Waals surface area contributed by atoms with Gasteiger partial charge in [-0.3, -0.25) is 4.79 Å². The summed E-state index contributed by atoms with van der Waals surface area (Å²) in [7, 11) is 0. The first-order valence-corrected chi connectivity index (χ1v) is 5.03. The third-order valence-electron chi connectivity index (χ3n) is 2.32. The average molecular weight is 203 g/mol. The van der Waals surface area contributed by atoms with Crippen molar-refractivity contribution in [2.24, 2.45) is 0 Å². The molecule has 0 aliphatic rings. The van der Waals surface area contributed by atoms with Crippen molar-refractivity contribution in [3.05, 3.63) is 36.1 Å². The van der Waals surface area contributed by atoms with E-state index >= 15 is 0 Å². The molecule has 0 radical (unpaired) electrons. The van der Waals surface area contributed by atoms with Crippen LogP contribution in [0.25, 0.3) is 11.0 Å². The van der Waals surface area contributed by atoms with Gasteiger partial charge in [0.05, 0.1) is 12.1 Å². The zero-order chi connectivity index (χ0) is 10.7. The van der Waals surface area contributed by atoms with Crippen molar-refractivity contribution in [1.29, 1.82) is 0 Å². The SMILES string of the molecule is CCNCC(=O)c1coc2ccccc12. The lowest BCUT2D eigenvalue weighted by atomic mass is 10.1. The largest absolute Gasteiger partial charge is 0.464 e. The molecule has 0 spiro atoms. The number of carbonyl (C=O) groups excluding carboxylic acids is 1. The Morgan fingerprint density at radius 1 is 1.40 bits per heavy atom. The maximum absolute atomic E-state index is 11.8. The van der Waals surface area contributed by atoms with Crippen molar-refractivity contribution < 1.29 is 9.21 Å². The Morgan fingerprint density at radius 3 is 3.00 bits per heavy atom. The van der Waals surface area contributed by atoms with Crippen molar-refractivity contribution >= 4 is 16.8 Å². The first-order chi connectivity index (χ1) is 7.33. The van der Waals surface area contributed by atoms with E-state index in [1.54, 1.807) is 0 Å². The Hall–Kier alpha value is -1.61. The van der Waals surface area contributed by atoms with Gasteiger partial charge >= 0.3 is 0 Å². The molecule has 3 nitrogen and oxygen atoms in total. The van der Waals surface area contributed by atoms with Crippen LogP contribution in [0.3, 0.4) is 0 Å². The van der Waals surface area contributed by atoms with Gasteiger partial charge in [-0.1, -0.05) is 25.1 Å². The Bertz CT molecular complexity index is 473. The molecule has 0 aliphatic carbocycles. The third-order valence-corrected chi connectivity index (χ3v) is 2.32. The number of para-hydroxylation sites is 1. The van der Waals surface area contributed by atoms with Gasteiger partial charge in [-0.05, 0) is 12.6 Å². The van der Waals surface area contributed by atoms with E-state index < -0.39 is 0 Å². The molecule has 1 aromatic carbocycles. The van der Waals surface area contributed by atoms with Crippen molar-refractivity contribution in [3.63, 3.8) is 0 Å². The number of Topliss-reactive ketones (excluding diaryl/α,β-unsaturated/α-hetero) is 1. The van der Waals surface area contributed by atoms with Crippen LogP contribution < -0.4 is 5.32 Å². The number of carbonyl (C=O) groups is 1. The predicted octanol–water partition coefficient (Wildman–Crippen LogP) is 2.22. The van der Waals surface area contributed by atoms with E-state index in [-0.39, 0.29) is 5.78 Å². The first-order valence-electron chi connectivity index (χ1n) is 5.03. The molecule has 0 fully saturated rings. The van der Waals surface area contributed by atoms with Gasteiger partial charge in [0.2, 0.25) is 0 Å². The van der Waals surface area contributed by atoms with E-state index in [0.717, 1.165) is 17.5 Å². The van der Waals surface area contributed by atoms with E-state index in [2.05, 4.69) is 5.32 Å². The minimum Gasteiger partial charge on any atom is -0.464 e. The van der Waals surface area contributed by atoms with Crippen LogP contribution >= 0.6 is 0 Å². The summed E-state index contributed by atoms with van der Waals surface area (Å²) in [5, 5.41) is 3.90. The molecule has 0 saturated heterocycles. The fraction of sp³-hybridized carbons (Fsp3) is 0.250. The van der Waals surface area contributed by atoms with Crippen molar-refractivity contribution in [3.8, 4) is 0 Å². The molecule has 1 heterocycles. The number of nitrogens with one attached hydrogen (secondary N) is 1. The Balaban J connectivity index is 2.31. The Labute approximate surface area is 88.1 Å². The zero-order valence-corrected chi connectivity index (χ0v) is 8.62. The molecule has 0 bridgehead atoms. The normalized spacial score (nSPS) is 10.7. The molecule has 1 aromatic heterocycles. The maximum atomic E-state index is 11.8. The van der Waals surface area contributed by atoms with Crippen LogP contribution in [-0.2, 0) is 0 Å². The highest BCUT2D eigenvalue weighted by atomic mass is 16.3. The minimum atomic E-state index is 0.0711. The molecule has 0 unspecified atom stereocenters. The fourth-order valence-electron chi connectivity index (χ4n) is 1.53.